The van der Waals surface area contributed by atoms with Crippen molar-refractivity contribution in [3.05, 3.63) is 47.2 Å². The van der Waals surface area contributed by atoms with Crippen molar-refractivity contribution in [2.45, 2.75) is 24.4 Å². The van der Waals surface area contributed by atoms with Gasteiger partial charge in [0.15, 0.2) is 5.16 Å². The lowest BCUT2D eigenvalue weighted by atomic mass is 10.1. The highest BCUT2D eigenvalue weighted by atomic mass is 32.2. The van der Waals surface area contributed by atoms with Gasteiger partial charge in [-0.25, -0.2) is 9.97 Å². The van der Waals surface area contributed by atoms with E-state index in [0.29, 0.717) is 18.7 Å². The smallest absolute Gasteiger partial charge is 0.251 e. The third kappa shape index (κ3) is 6.16. The Morgan fingerprint density at radius 1 is 1.17 bits per heavy atom. The Hall–Kier alpha value is -2.16. The van der Waals surface area contributed by atoms with Crippen molar-refractivity contribution >= 4 is 23.5 Å². The highest BCUT2D eigenvalue weighted by Gasteiger charge is 2.17. The van der Waals surface area contributed by atoms with Gasteiger partial charge in [0.1, 0.15) is 5.82 Å². The summed E-state index contributed by atoms with van der Waals surface area (Å²) in [4.78, 5) is 26.0. The van der Waals surface area contributed by atoms with Gasteiger partial charge in [0.25, 0.3) is 5.91 Å². The van der Waals surface area contributed by atoms with E-state index in [1.54, 1.807) is 18.9 Å². The van der Waals surface area contributed by atoms with E-state index in [1.165, 1.54) is 0 Å². The van der Waals surface area contributed by atoms with E-state index in [2.05, 4.69) is 27.1 Å². The van der Waals surface area contributed by atoms with Crippen LogP contribution in [0.4, 0.5) is 5.82 Å². The number of methoxy groups -OCH3 is 1. The number of piperazine rings is 1. The molecule has 1 aromatic carbocycles. The number of nitrogens with zero attached hydrogens (tertiary/aromatic N) is 4. The zero-order chi connectivity index (χ0) is 20.6. The Balaban J connectivity index is 1.68. The van der Waals surface area contributed by atoms with Crippen LogP contribution in [0.2, 0.25) is 0 Å². The molecule has 7 nitrogen and oxygen atoms in total. The van der Waals surface area contributed by atoms with Crippen LogP contribution in [0.25, 0.3) is 0 Å². The van der Waals surface area contributed by atoms with Gasteiger partial charge in [-0.1, -0.05) is 23.9 Å². The van der Waals surface area contributed by atoms with Crippen molar-refractivity contribution in [2.24, 2.45) is 0 Å². The standard InChI is InChI=1S/C21H29N5O2S/c1-4-22-20(27)17-7-5-16(6-8-17)15-29-21-23-18(14-28-3)13-19(24-21)26-11-9-25(2)10-12-26/h5-8,13H,4,9-12,14-15H2,1-3H3,(H,22,27). The Labute approximate surface area is 176 Å². The summed E-state index contributed by atoms with van der Waals surface area (Å²) in [6.07, 6.45) is 0. The van der Waals surface area contributed by atoms with Crippen molar-refractivity contribution in [1.82, 2.24) is 20.2 Å². The number of nitrogens with one attached hydrogen (secondary N) is 1. The molecule has 1 aliphatic heterocycles. The number of likely N-dealkylation sites (N-methyl/N-ethyl adjacent to an activating group) is 1. The summed E-state index contributed by atoms with van der Waals surface area (Å²) >= 11 is 1.60. The number of carbonyl (C=O) groups is 1. The third-order valence-electron chi connectivity index (χ3n) is 4.79. The fourth-order valence-electron chi connectivity index (χ4n) is 3.11. The molecular weight excluding hydrogens is 386 g/mol. The molecule has 0 radical (unpaired) electrons. The second kappa shape index (κ2) is 10.6. The molecule has 29 heavy (non-hydrogen) atoms. The van der Waals surface area contributed by atoms with Crippen molar-refractivity contribution in [2.75, 3.05) is 51.8 Å². The zero-order valence-electron chi connectivity index (χ0n) is 17.4. The topological polar surface area (TPSA) is 70.6 Å². The summed E-state index contributed by atoms with van der Waals surface area (Å²) in [6.45, 7) is 7.00. The van der Waals surface area contributed by atoms with Crippen molar-refractivity contribution < 1.29 is 9.53 Å². The quantitative estimate of drug-likeness (QED) is 0.524. The lowest BCUT2D eigenvalue weighted by molar-refractivity contribution is 0.0956. The molecule has 8 heteroatoms. The number of thioether (sulfide) groups is 1. The first kappa shape index (κ1) is 21.5. The Bertz CT molecular complexity index is 807. The van der Waals surface area contributed by atoms with Crippen LogP contribution in [0.5, 0.6) is 0 Å². The van der Waals surface area contributed by atoms with E-state index in [1.807, 2.05) is 37.3 Å². The predicted molar refractivity (Wildman–Crippen MR) is 116 cm³/mol. The minimum absolute atomic E-state index is 0.0425. The first-order chi connectivity index (χ1) is 14.1. The molecule has 1 N–H and O–H groups in total. The van der Waals surface area contributed by atoms with Gasteiger partial charge in [-0.2, -0.15) is 0 Å². The van der Waals surface area contributed by atoms with Gasteiger partial charge in [0, 0.05) is 57.2 Å². The molecule has 1 saturated heterocycles. The maximum absolute atomic E-state index is 11.9. The molecule has 0 bridgehead atoms. The number of ether oxygens (including phenoxy) is 1. The number of benzene rings is 1. The molecule has 0 spiro atoms. The van der Waals surface area contributed by atoms with Crippen molar-refractivity contribution in [3.63, 3.8) is 0 Å². The number of aromatic nitrogens is 2. The average molecular weight is 416 g/mol. The van der Waals surface area contributed by atoms with Crippen LogP contribution in [-0.4, -0.2) is 67.7 Å². The van der Waals surface area contributed by atoms with E-state index in [4.69, 9.17) is 9.72 Å². The summed E-state index contributed by atoms with van der Waals surface area (Å²) in [6, 6.07) is 9.72. The normalized spacial score (nSPS) is 14.8. The molecule has 1 fully saturated rings. The Kier molecular flexibility index (Phi) is 7.85. The molecule has 0 unspecified atom stereocenters. The molecule has 156 valence electrons. The molecule has 2 heterocycles. The van der Waals surface area contributed by atoms with Gasteiger partial charge < -0.3 is 19.9 Å². The largest absolute Gasteiger partial charge is 0.378 e. The molecule has 0 saturated carbocycles. The zero-order valence-corrected chi connectivity index (χ0v) is 18.2. The van der Waals surface area contributed by atoms with Crippen LogP contribution in [0.1, 0.15) is 28.5 Å². The molecule has 3 rings (SSSR count). The summed E-state index contributed by atoms with van der Waals surface area (Å²) in [5, 5.41) is 3.56. The Morgan fingerprint density at radius 3 is 2.55 bits per heavy atom. The number of hydrogen-bond donors (Lipinski definition) is 1. The molecule has 1 aliphatic rings. The van der Waals surface area contributed by atoms with Crippen LogP contribution in [0.15, 0.2) is 35.5 Å². The molecular formula is C21H29N5O2S. The van der Waals surface area contributed by atoms with Crippen molar-refractivity contribution in [1.29, 1.82) is 0 Å². The van der Waals surface area contributed by atoms with E-state index in [-0.39, 0.29) is 5.91 Å². The summed E-state index contributed by atoms with van der Waals surface area (Å²) < 4.78 is 5.30. The van der Waals surface area contributed by atoms with Crippen LogP contribution in [-0.2, 0) is 17.1 Å². The maximum atomic E-state index is 11.9. The van der Waals surface area contributed by atoms with Gasteiger partial charge in [0.05, 0.1) is 12.3 Å². The van der Waals surface area contributed by atoms with E-state index < -0.39 is 0 Å². The first-order valence-corrected chi connectivity index (χ1v) is 10.9. The number of amides is 1. The van der Waals surface area contributed by atoms with Crippen LogP contribution in [0, 0.1) is 0 Å². The summed E-state index contributed by atoms with van der Waals surface area (Å²) in [5.41, 5.74) is 2.70. The fourth-order valence-corrected chi connectivity index (χ4v) is 3.93. The molecule has 0 atom stereocenters. The number of anilines is 1. The van der Waals surface area contributed by atoms with Crippen LogP contribution in [0.3, 0.4) is 0 Å². The summed E-state index contributed by atoms with van der Waals surface area (Å²) in [7, 11) is 3.83. The third-order valence-corrected chi connectivity index (χ3v) is 5.70. The van der Waals surface area contributed by atoms with Gasteiger partial charge in [-0.15, -0.1) is 0 Å². The molecule has 2 aromatic rings. The van der Waals surface area contributed by atoms with Crippen LogP contribution < -0.4 is 10.2 Å². The maximum Gasteiger partial charge on any atom is 0.251 e. The van der Waals surface area contributed by atoms with E-state index in [0.717, 1.165) is 54.2 Å². The lowest BCUT2D eigenvalue weighted by Crippen LogP contribution is -2.44. The van der Waals surface area contributed by atoms with Crippen LogP contribution >= 0.6 is 11.8 Å². The molecule has 0 aliphatic carbocycles. The fraction of sp³-hybridized carbons (Fsp3) is 0.476. The van der Waals surface area contributed by atoms with E-state index >= 15 is 0 Å². The number of rotatable bonds is 8. The van der Waals surface area contributed by atoms with Gasteiger partial charge >= 0.3 is 0 Å². The predicted octanol–water partition coefficient (Wildman–Crippen LogP) is 2.42. The number of hydrogen-bond acceptors (Lipinski definition) is 7. The number of carbonyl (C=O) groups excluding carboxylic acids is 1. The Morgan fingerprint density at radius 2 is 1.90 bits per heavy atom. The SMILES string of the molecule is CCNC(=O)c1ccc(CSc2nc(COC)cc(N3CCN(C)CC3)n2)cc1. The first-order valence-electron chi connectivity index (χ1n) is 9.89. The van der Waals surface area contributed by atoms with E-state index in [9.17, 15) is 4.79 Å². The average Bonchev–Trinajstić information content (AvgIpc) is 2.73. The second-order valence-electron chi connectivity index (χ2n) is 7.07. The van der Waals surface area contributed by atoms with Gasteiger partial charge in [-0.3, -0.25) is 4.79 Å². The highest BCUT2D eigenvalue weighted by Crippen LogP contribution is 2.24. The summed E-state index contributed by atoms with van der Waals surface area (Å²) in [5.74, 6) is 1.67. The minimum atomic E-state index is -0.0425. The molecule has 1 aromatic heterocycles. The van der Waals surface area contributed by atoms with Gasteiger partial charge in [0.2, 0.25) is 0 Å². The highest BCUT2D eigenvalue weighted by molar-refractivity contribution is 7.98. The van der Waals surface area contributed by atoms with Gasteiger partial charge in [-0.05, 0) is 31.7 Å². The molecule has 1 amide bonds. The lowest BCUT2D eigenvalue weighted by Gasteiger charge is -2.33. The second-order valence-corrected chi connectivity index (χ2v) is 8.01. The van der Waals surface area contributed by atoms with Crippen molar-refractivity contribution in [3.8, 4) is 0 Å². The monoisotopic (exact) mass is 415 g/mol. The minimum Gasteiger partial charge on any atom is -0.378 e.